The van der Waals surface area contributed by atoms with E-state index in [9.17, 15) is 0 Å². The molecule has 6 nitrogen and oxygen atoms in total. The summed E-state index contributed by atoms with van der Waals surface area (Å²) in [7, 11) is -3.19. The van der Waals surface area contributed by atoms with Gasteiger partial charge in [0.05, 0.1) is 27.0 Å². The zero-order valence-corrected chi connectivity index (χ0v) is 36.2. The van der Waals surface area contributed by atoms with Crippen molar-refractivity contribution < 1.29 is 50.3 Å². The van der Waals surface area contributed by atoms with Gasteiger partial charge in [-0.3, -0.25) is 0 Å². The molecule has 4 N–H and O–H groups in total. The van der Waals surface area contributed by atoms with Crippen LogP contribution in [-0.2, 0) is 20.4 Å². The molecule has 0 atom stereocenters. The molecule has 0 saturated heterocycles. The van der Waals surface area contributed by atoms with Gasteiger partial charge in [-0.1, -0.05) is 24.3 Å². The van der Waals surface area contributed by atoms with E-state index in [0.717, 1.165) is 34.1 Å². The van der Waals surface area contributed by atoms with Crippen molar-refractivity contribution >= 4 is 47.7 Å². The van der Waals surface area contributed by atoms with Gasteiger partial charge in [0.1, 0.15) is 31.8 Å². The average molecular weight is 867 g/mol. The van der Waals surface area contributed by atoms with Crippen LogP contribution in [0.2, 0.25) is 0 Å². The van der Waals surface area contributed by atoms with Crippen LogP contribution in [0.4, 0.5) is 0 Å². The Labute approximate surface area is 341 Å². The van der Waals surface area contributed by atoms with Crippen molar-refractivity contribution in [2.24, 2.45) is 0 Å². The molecular weight excluding hydrogens is 817 g/mol. The van der Waals surface area contributed by atoms with Gasteiger partial charge in [0, 0.05) is 20.4 Å². The average Bonchev–Trinajstić information content (AvgIpc) is 3.74. The van der Waals surface area contributed by atoms with E-state index >= 15 is 0 Å². The van der Waals surface area contributed by atoms with Gasteiger partial charge in [0.2, 0.25) is 13.6 Å². The SMILES string of the molecule is Cc1cc(C)cc([PH+](c2cc(C)cc(C)c2)c2ccc3c(c2-c2c([PH+](c4cc(C)cc(C)c4)c4cc(C)cc(C)c4)ccc4c2OCO4)OCO3)c1.O.O.[Pd]. The summed E-state index contributed by atoms with van der Waals surface area (Å²) in [5.41, 5.74) is 12.2. The van der Waals surface area contributed by atoms with Crippen LogP contribution >= 0.6 is 15.8 Å². The summed E-state index contributed by atoms with van der Waals surface area (Å²) in [6, 6.07) is 36.9. The number of rotatable bonds is 7. The van der Waals surface area contributed by atoms with Crippen LogP contribution in [0, 0.1) is 55.4 Å². The standard InChI is InChI=1S/C46H44O4P2.2H2O.Pd/c1-27-13-28(2)18-35(17-27)51(36-19-29(3)14-30(4)20-36)41-11-9-39-45(49-25-47-39)43(41)44-42(12-10-40-46(44)50-26-48-40)52(37-21-31(5)15-32(6)22-37)38-23-33(7)16-34(8)24-38;;;/h9-24H,25-26H2,1-8H3;2*1H2;/p+2. The molecule has 0 spiro atoms. The summed E-state index contributed by atoms with van der Waals surface area (Å²) in [5, 5.41) is 7.86. The van der Waals surface area contributed by atoms with Crippen molar-refractivity contribution in [1.82, 2.24) is 0 Å². The van der Waals surface area contributed by atoms with Crippen LogP contribution in [0.3, 0.4) is 0 Å². The molecule has 8 rings (SSSR count). The fourth-order valence-corrected chi connectivity index (χ4v) is 14.7. The maximum absolute atomic E-state index is 6.53. The number of ether oxygens (including phenoxy) is 4. The summed E-state index contributed by atoms with van der Waals surface area (Å²) in [6.45, 7) is 18.0. The Hall–Kier alpha value is -4.04. The molecule has 0 radical (unpaired) electrons. The number of fused-ring (bicyclic) bond motifs is 2. The molecule has 9 heteroatoms. The van der Waals surface area contributed by atoms with Gasteiger partial charge in [0.15, 0.2) is 23.0 Å². The summed E-state index contributed by atoms with van der Waals surface area (Å²) >= 11 is 0. The van der Waals surface area contributed by atoms with E-state index in [1.165, 1.54) is 76.3 Å². The first-order valence-electron chi connectivity index (χ1n) is 18.0. The van der Waals surface area contributed by atoms with E-state index in [1.54, 1.807) is 0 Å². The number of benzene rings is 6. The molecule has 0 amide bonds. The molecule has 55 heavy (non-hydrogen) atoms. The van der Waals surface area contributed by atoms with E-state index in [1.807, 2.05) is 0 Å². The minimum Gasteiger partial charge on any atom is -0.454 e. The van der Waals surface area contributed by atoms with Gasteiger partial charge in [-0.15, -0.1) is 0 Å². The Morgan fingerprint density at radius 3 is 0.873 bits per heavy atom. The molecule has 0 aromatic heterocycles. The molecule has 0 unspecified atom stereocenters. The van der Waals surface area contributed by atoms with Crippen LogP contribution in [0.1, 0.15) is 44.5 Å². The Bertz CT molecular complexity index is 2040. The molecule has 2 heterocycles. The maximum Gasteiger partial charge on any atom is 0.231 e. The first-order chi connectivity index (χ1) is 25.0. The normalized spacial score (nSPS) is 12.3. The van der Waals surface area contributed by atoms with Gasteiger partial charge in [-0.05, 0) is 173 Å². The smallest absolute Gasteiger partial charge is 0.231 e. The molecule has 288 valence electrons. The molecule has 0 fully saturated rings. The molecule has 6 aromatic rings. The third kappa shape index (κ3) is 8.26. The zero-order valence-electron chi connectivity index (χ0n) is 32.6. The third-order valence-electron chi connectivity index (χ3n) is 9.91. The second-order valence-electron chi connectivity index (χ2n) is 14.7. The predicted octanol–water partition coefficient (Wildman–Crippen LogP) is 6.61. The fraction of sp³-hybridized carbons (Fsp3) is 0.217. The molecule has 0 saturated carbocycles. The molecular formula is C46H50O6P2Pd+2. The van der Waals surface area contributed by atoms with Gasteiger partial charge in [-0.2, -0.15) is 0 Å². The van der Waals surface area contributed by atoms with Crippen LogP contribution in [0.25, 0.3) is 11.1 Å². The quantitative estimate of drug-likeness (QED) is 0.133. The van der Waals surface area contributed by atoms with Gasteiger partial charge in [-0.25, -0.2) is 0 Å². The van der Waals surface area contributed by atoms with E-state index in [0.29, 0.717) is 0 Å². The summed E-state index contributed by atoms with van der Waals surface area (Å²) in [4.78, 5) is 0. The third-order valence-corrected chi connectivity index (χ3v) is 15.3. The number of aryl methyl sites for hydroxylation is 8. The minimum absolute atomic E-state index is 0. The molecule has 0 bridgehead atoms. The largest absolute Gasteiger partial charge is 0.454 e. The summed E-state index contributed by atoms with van der Waals surface area (Å²) < 4.78 is 25.4. The molecule has 6 aromatic carbocycles. The van der Waals surface area contributed by atoms with Gasteiger partial charge >= 0.3 is 0 Å². The first kappa shape index (κ1) is 42.1. The Balaban J connectivity index is 0.00000193. The van der Waals surface area contributed by atoms with Gasteiger partial charge in [0.25, 0.3) is 0 Å². The Kier molecular flexibility index (Phi) is 13.0. The van der Waals surface area contributed by atoms with Crippen LogP contribution in [0.15, 0.2) is 97.1 Å². The van der Waals surface area contributed by atoms with Crippen molar-refractivity contribution in [2.75, 3.05) is 13.6 Å². The Morgan fingerprint density at radius 2 is 0.618 bits per heavy atom. The molecule has 0 aliphatic carbocycles. The van der Waals surface area contributed by atoms with E-state index < -0.39 is 15.8 Å². The monoisotopic (exact) mass is 866 g/mol. The predicted molar refractivity (Wildman–Crippen MR) is 229 cm³/mol. The van der Waals surface area contributed by atoms with Crippen molar-refractivity contribution in [1.29, 1.82) is 0 Å². The topological polar surface area (TPSA) is 99.9 Å². The van der Waals surface area contributed by atoms with Crippen LogP contribution < -0.4 is 50.8 Å². The van der Waals surface area contributed by atoms with Gasteiger partial charge < -0.3 is 29.9 Å². The summed E-state index contributed by atoms with van der Waals surface area (Å²) in [5.74, 6) is 3.08. The number of hydrogen-bond donors (Lipinski definition) is 0. The second kappa shape index (κ2) is 17.0. The van der Waals surface area contributed by atoms with Crippen molar-refractivity contribution in [3.05, 3.63) is 142 Å². The van der Waals surface area contributed by atoms with Crippen molar-refractivity contribution in [2.45, 2.75) is 55.4 Å². The van der Waals surface area contributed by atoms with Crippen LogP contribution in [0.5, 0.6) is 23.0 Å². The first-order valence-corrected chi connectivity index (χ1v) is 21.0. The van der Waals surface area contributed by atoms with Crippen molar-refractivity contribution in [3.63, 3.8) is 0 Å². The van der Waals surface area contributed by atoms with E-state index in [-0.39, 0.29) is 45.0 Å². The van der Waals surface area contributed by atoms with Crippen molar-refractivity contribution in [3.8, 4) is 34.1 Å². The van der Waals surface area contributed by atoms with E-state index in [4.69, 9.17) is 18.9 Å². The number of hydrogen-bond acceptors (Lipinski definition) is 4. The second-order valence-corrected chi connectivity index (χ2v) is 19.6. The molecule has 2 aliphatic rings. The maximum atomic E-state index is 6.53. The molecule has 2 aliphatic heterocycles. The van der Waals surface area contributed by atoms with Crippen LogP contribution in [-0.4, -0.2) is 24.5 Å². The Morgan fingerprint density at radius 1 is 0.364 bits per heavy atom. The van der Waals surface area contributed by atoms with E-state index in [2.05, 4.69) is 152 Å². The fourth-order valence-electron chi connectivity index (χ4n) is 8.29. The zero-order chi connectivity index (χ0) is 36.3. The summed E-state index contributed by atoms with van der Waals surface area (Å²) in [6.07, 6.45) is 0. The minimum atomic E-state index is -1.60.